The van der Waals surface area contributed by atoms with Crippen molar-refractivity contribution in [3.63, 3.8) is 0 Å². The molecule has 2 rings (SSSR count). The lowest BCUT2D eigenvalue weighted by Crippen LogP contribution is -2.35. The number of sulfonamides is 1. The second kappa shape index (κ2) is 9.87. The van der Waals surface area contributed by atoms with Crippen molar-refractivity contribution in [1.82, 2.24) is 10.6 Å². The highest BCUT2D eigenvalue weighted by atomic mass is 32.2. The third kappa shape index (κ3) is 6.18. The van der Waals surface area contributed by atoms with E-state index in [-0.39, 0.29) is 41.4 Å². The standard InChI is InChI=1S/C19H22FN3O5S/c1-3-28-19(25)22-11-10-21-18(24)15-6-4-5-7-17(15)23-29(26,27)14-8-9-16(20)13(2)12-14/h4-9,12,23H,3,10-11H2,1-2H3,(H,21,24)(H,22,25). The van der Waals surface area contributed by atoms with Crippen LogP contribution < -0.4 is 15.4 Å². The van der Waals surface area contributed by atoms with Crippen LogP contribution in [0, 0.1) is 12.7 Å². The molecule has 0 aliphatic heterocycles. The molecule has 0 saturated carbocycles. The van der Waals surface area contributed by atoms with Crippen molar-refractivity contribution in [2.45, 2.75) is 18.7 Å². The number of nitrogens with one attached hydrogen (secondary N) is 3. The lowest BCUT2D eigenvalue weighted by Gasteiger charge is -2.13. The summed E-state index contributed by atoms with van der Waals surface area (Å²) < 4.78 is 45.7. The second-order valence-corrected chi connectivity index (χ2v) is 7.65. The monoisotopic (exact) mass is 423 g/mol. The first kappa shape index (κ1) is 22.2. The van der Waals surface area contributed by atoms with E-state index in [1.54, 1.807) is 19.1 Å². The minimum Gasteiger partial charge on any atom is -0.450 e. The fraction of sp³-hybridized carbons (Fsp3) is 0.263. The number of carbonyl (C=O) groups is 2. The van der Waals surface area contributed by atoms with E-state index in [1.807, 2.05) is 0 Å². The van der Waals surface area contributed by atoms with Gasteiger partial charge < -0.3 is 15.4 Å². The van der Waals surface area contributed by atoms with E-state index < -0.39 is 27.8 Å². The first-order valence-corrected chi connectivity index (χ1v) is 10.3. The third-order valence-electron chi connectivity index (χ3n) is 3.81. The van der Waals surface area contributed by atoms with E-state index >= 15 is 0 Å². The molecule has 2 aromatic rings. The molecule has 0 aliphatic carbocycles. The largest absolute Gasteiger partial charge is 0.450 e. The van der Waals surface area contributed by atoms with E-state index in [9.17, 15) is 22.4 Å². The molecule has 0 unspecified atom stereocenters. The predicted molar refractivity (Wildman–Crippen MR) is 106 cm³/mol. The molecule has 8 nitrogen and oxygen atoms in total. The number of amides is 2. The maximum Gasteiger partial charge on any atom is 0.407 e. The molecular formula is C19H22FN3O5S. The Kier molecular flexibility index (Phi) is 7.54. The molecule has 156 valence electrons. The fourth-order valence-electron chi connectivity index (χ4n) is 2.38. The minimum absolute atomic E-state index is 0.0744. The average Bonchev–Trinajstić information content (AvgIpc) is 2.67. The molecule has 10 heteroatoms. The molecule has 0 aliphatic rings. The number of benzene rings is 2. The molecule has 0 heterocycles. The van der Waals surface area contributed by atoms with Crippen LogP contribution >= 0.6 is 0 Å². The SMILES string of the molecule is CCOC(=O)NCCNC(=O)c1ccccc1NS(=O)(=O)c1ccc(F)c(C)c1. The highest BCUT2D eigenvalue weighted by Gasteiger charge is 2.19. The number of hydrogen-bond acceptors (Lipinski definition) is 5. The van der Waals surface area contributed by atoms with Crippen LogP contribution in [0.2, 0.25) is 0 Å². The smallest absolute Gasteiger partial charge is 0.407 e. The third-order valence-corrected chi connectivity index (χ3v) is 5.17. The molecule has 2 amide bonds. The van der Waals surface area contributed by atoms with E-state index in [0.717, 1.165) is 12.1 Å². The summed E-state index contributed by atoms with van der Waals surface area (Å²) in [6, 6.07) is 9.49. The predicted octanol–water partition coefficient (Wildman–Crippen LogP) is 2.41. The summed E-state index contributed by atoms with van der Waals surface area (Å²) in [5, 5.41) is 5.04. The summed E-state index contributed by atoms with van der Waals surface area (Å²) in [7, 11) is -4.02. The number of ether oxygens (including phenoxy) is 1. The van der Waals surface area contributed by atoms with Crippen LogP contribution in [0.25, 0.3) is 0 Å². The van der Waals surface area contributed by atoms with Crippen LogP contribution in [-0.2, 0) is 14.8 Å². The van der Waals surface area contributed by atoms with Gasteiger partial charge in [-0.25, -0.2) is 17.6 Å². The van der Waals surface area contributed by atoms with E-state index in [4.69, 9.17) is 4.74 Å². The van der Waals surface area contributed by atoms with Gasteiger partial charge in [-0.05, 0) is 49.7 Å². The zero-order valence-electron chi connectivity index (χ0n) is 16.0. The van der Waals surface area contributed by atoms with Gasteiger partial charge in [0, 0.05) is 13.1 Å². The summed E-state index contributed by atoms with van der Waals surface area (Å²) in [6.07, 6.45) is -0.593. The average molecular weight is 423 g/mol. The number of rotatable bonds is 8. The van der Waals surface area contributed by atoms with Gasteiger partial charge in [-0.3, -0.25) is 9.52 Å². The molecule has 0 atom stereocenters. The second-order valence-electron chi connectivity index (χ2n) is 5.97. The van der Waals surface area contributed by atoms with Crippen molar-refractivity contribution in [2.24, 2.45) is 0 Å². The first-order valence-electron chi connectivity index (χ1n) is 8.81. The van der Waals surface area contributed by atoms with Gasteiger partial charge in [-0.1, -0.05) is 12.1 Å². The van der Waals surface area contributed by atoms with Crippen LogP contribution in [0.4, 0.5) is 14.9 Å². The number of anilines is 1. The van der Waals surface area contributed by atoms with Crippen molar-refractivity contribution in [3.05, 3.63) is 59.4 Å². The number of carbonyl (C=O) groups excluding carboxylic acids is 2. The van der Waals surface area contributed by atoms with E-state index in [1.165, 1.54) is 25.1 Å². The van der Waals surface area contributed by atoms with E-state index in [0.29, 0.717) is 0 Å². The maximum absolute atomic E-state index is 13.4. The number of alkyl carbamates (subject to hydrolysis) is 1. The molecule has 3 N–H and O–H groups in total. The Morgan fingerprint density at radius 3 is 2.45 bits per heavy atom. The van der Waals surface area contributed by atoms with Gasteiger partial charge in [0.05, 0.1) is 22.8 Å². The van der Waals surface area contributed by atoms with Gasteiger partial charge in [0.2, 0.25) is 0 Å². The van der Waals surface area contributed by atoms with Gasteiger partial charge in [-0.15, -0.1) is 0 Å². The van der Waals surface area contributed by atoms with Crippen molar-refractivity contribution >= 4 is 27.7 Å². The molecule has 0 fully saturated rings. The van der Waals surface area contributed by atoms with Gasteiger partial charge in [0.1, 0.15) is 5.82 Å². The lowest BCUT2D eigenvalue weighted by atomic mass is 10.1. The summed E-state index contributed by atoms with van der Waals surface area (Å²) in [6.45, 7) is 3.63. The lowest BCUT2D eigenvalue weighted by molar-refractivity contribution is 0.0953. The Bertz CT molecular complexity index is 995. The maximum atomic E-state index is 13.4. The summed E-state index contributed by atoms with van der Waals surface area (Å²) in [5.74, 6) is -1.04. The van der Waals surface area contributed by atoms with E-state index in [2.05, 4.69) is 15.4 Å². The molecule has 0 aromatic heterocycles. The van der Waals surface area contributed by atoms with Crippen LogP contribution in [0.3, 0.4) is 0 Å². The number of halogens is 1. The zero-order chi connectivity index (χ0) is 21.4. The van der Waals surface area contributed by atoms with Crippen molar-refractivity contribution in [2.75, 3.05) is 24.4 Å². The van der Waals surface area contributed by atoms with Crippen molar-refractivity contribution < 1.29 is 27.1 Å². The quantitative estimate of drug-likeness (QED) is 0.564. The van der Waals surface area contributed by atoms with Crippen LogP contribution in [0.1, 0.15) is 22.8 Å². The Labute approximate surface area is 168 Å². The normalized spacial score (nSPS) is 10.9. The Morgan fingerprint density at radius 1 is 1.07 bits per heavy atom. The molecular weight excluding hydrogens is 401 g/mol. The number of hydrogen-bond donors (Lipinski definition) is 3. The Morgan fingerprint density at radius 2 is 1.76 bits per heavy atom. The first-order chi connectivity index (χ1) is 13.7. The highest BCUT2D eigenvalue weighted by molar-refractivity contribution is 7.92. The molecule has 0 bridgehead atoms. The minimum atomic E-state index is -4.02. The fourth-order valence-corrected chi connectivity index (χ4v) is 3.54. The van der Waals surface area contributed by atoms with Crippen molar-refractivity contribution in [1.29, 1.82) is 0 Å². The van der Waals surface area contributed by atoms with Crippen LogP contribution in [0.5, 0.6) is 0 Å². The summed E-state index contributed by atoms with van der Waals surface area (Å²) in [5.41, 5.74) is 0.365. The molecule has 0 spiro atoms. The summed E-state index contributed by atoms with van der Waals surface area (Å²) >= 11 is 0. The van der Waals surface area contributed by atoms with Gasteiger partial charge >= 0.3 is 6.09 Å². The Hall–Kier alpha value is -3.14. The highest BCUT2D eigenvalue weighted by Crippen LogP contribution is 2.21. The number of aryl methyl sites for hydroxylation is 1. The molecule has 2 aromatic carbocycles. The Balaban J connectivity index is 2.08. The summed E-state index contributed by atoms with van der Waals surface area (Å²) in [4.78, 5) is 23.5. The molecule has 29 heavy (non-hydrogen) atoms. The van der Waals surface area contributed by atoms with Crippen LogP contribution in [0.15, 0.2) is 47.4 Å². The molecule has 0 saturated heterocycles. The molecule has 0 radical (unpaired) electrons. The van der Waals surface area contributed by atoms with Gasteiger partial charge in [0.15, 0.2) is 0 Å². The zero-order valence-corrected chi connectivity index (χ0v) is 16.8. The van der Waals surface area contributed by atoms with Crippen LogP contribution in [-0.4, -0.2) is 40.1 Å². The van der Waals surface area contributed by atoms with Gasteiger partial charge in [-0.2, -0.15) is 0 Å². The number of para-hydroxylation sites is 1. The van der Waals surface area contributed by atoms with Crippen molar-refractivity contribution in [3.8, 4) is 0 Å². The topological polar surface area (TPSA) is 114 Å². The van der Waals surface area contributed by atoms with Gasteiger partial charge in [0.25, 0.3) is 15.9 Å².